The Labute approximate surface area is 122 Å². The van der Waals surface area contributed by atoms with E-state index in [1.165, 1.54) is 0 Å². The van der Waals surface area contributed by atoms with Crippen LogP contribution in [0.1, 0.15) is 25.8 Å². The lowest BCUT2D eigenvalue weighted by Gasteiger charge is -2.19. The zero-order valence-electron chi connectivity index (χ0n) is 11.6. The van der Waals surface area contributed by atoms with E-state index in [0.717, 1.165) is 5.56 Å². The molecule has 0 spiro atoms. The van der Waals surface area contributed by atoms with Crippen molar-refractivity contribution in [2.24, 2.45) is 0 Å². The summed E-state index contributed by atoms with van der Waals surface area (Å²) in [6, 6.07) is 4.17. The van der Waals surface area contributed by atoms with Gasteiger partial charge in [-0.25, -0.2) is 4.79 Å². The molecule has 6 heteroatoms. The second-order valence-corrected chi connectivity index (χ2v) is 4.91. The number of carbonyl (C=O) groups is 2. The first-order valence-corrected chi connectivity index (χ1v) is 6.69. The summed E-state index contributed by atoms with van der Waals surface area (Å²) in [6.45, 7) is 5.07. The van der Waals surface area contributed by atoms with Gasteiger partial charge in [-0.1, -0.05) is 18.5 Å². The van der Waals surface area contributed by atoms with Crippen LogP contribution in [0, 0.1) is 6.92 Å². The first-order valence-electron chi connectivity index (χ1n) is 6.31. The van der Waals surface area contributed by atoms with Gasteiger partial charge in [0.2, 0.25) is 0 Å². The summed E-state index contributed by atoms with van der Waals surface area (Å²) in [5.41, 5.74) is 0.808. The van der Waals surface area contributed by atoms with Gasteiger partial charge in [-0.3, -0.25) is 4.79 Å². The molecule has 0 aromatic heterocycles. The van der Waals surface area contributed by atoms with E-state index in [1.54, 1.807) is 32.0 Å². The molecule has 0 bridgehead atoms. The van der Waals surface area contributed by atoms with E-state index in [0.29, 0.717) is 17.2 Å². The number of amides is 1. The van der Waals surface area contributed by atoms with Crippen LogP contribution in [0.2, 0.25) is 5.02 Å². The molecule has 1 aromatic rings. The number of aliphatic carboxylic acids is 1. The lowest BCUT2D eigenvalue weighted by molar-refractivity contribution is -0.143. The average molecular weight is 300 g/mol. The molecular formula is C14H18ClNO4. The molecule has 110 valence electrons. The topological polar surface area (TPSA) is 75.6 Å². The summed E-state index contributed by atoms with van der Waals surface area (Å²) in [4.78, 5) is 22.7. The predicted octanol–water partition coefficient (Wildman–Crippen LogP) is 2.40. The molecule has 1 amide bonds. The van der Waals surface area contributed by atoms with Gasteiger partial charge in [0.1, 0.15) is 11.8 Å². The summed E-state index contributed by atoms with van der Waals surface area (Å²) in [7, 11) is 0. The van der Waals surface area contributed by atoms with Crippen molar-refractivity contribution in [3.05, 3.63) is 28.8 Å². The number of nitrogens with one attached hydrogen (secondary N) is 1. The number of rotatable bonds is 6. The third-order valence-corrected chi connectivity index (χ3v) is 3.07. The Morgan fingerprint density at radius 1 is 1.45 bits per heavy atom. The van der Waals surface area contributed by atoms with Crippen molar-refractivity contribution in [2.45, 2.75) is 39.3 Å². The molecule has 0 aliphatic heterocycles. The van der Waals surface area contributed by atoms with Gasteiger partial charge >= 0.3 is 5.97 Å². The third kappa shape index (κ3) is 4.42. The van der Waals surface area contributed by atoms with Crippen LogP contribution in [0.5, 0.6) is 5.75 Å². The summed E-state index contributed by atoms with van der Waals surface area (Å²) < 4.78 is 5.52. The first-order chi connectivity index (χ1) is 9.35. The molecule has 0 heterocycles. The third-order valence-electron chi connectivity index (χ3n) is 2.83. The van der Waals surface area contributed by atoms with Gasteiger partial charge in [-0.15, -0.1) is 0 Å². The van der Waals surface area contributed by atoms with Crippen LogP contribution < -0.4 is 10.1 Å². The zero-order chi connectivity index (χ0) is 15.3. The summed E-state index contributed by atoms with van der Waals surface area (Å²) >= 11 is 5.84. The molecular weight excluding hydrogens is 282 g/mol. The van der Waals surface area contributed by atoms with Gasteiger partial charge in [-0.2, -0.15) is 0 Å². The number of carboxylic acids is 1. The van der Waals surface area contributed by atoms with Gasteiger partial charge in [0, 0.05) is 5.02 Å². The Balaban J connectivity index is 2.68. The number of carbonyl (C=O) groups excluding carboxylic acids is 1. The Kier molecular flexibility index (Phi) is 5.82. The molecule has 0 aliphatic rings. The lowest BCUT2D eigenvalue weighted by atomic mass is 10.2. The fourth-order valence-corrected chi connectivity index (χ4v) is 1.84. The number of ether oxygens (including phenoxy) is 1. The Hall–Kier alpha value is -1.75. The van der Waals surface area contributed by atoms with Crippen molar-refractivity contribution >= 4 is 23.5 Å². The van der Waals surface area contributed by atoms with Crippen molar-refractivity contribution in [3.8, 4) is 5.75 Å². The maximum atomic E-state index is 11.9. The molecule has 1 aromatic carbocycles. The van der Waals surface area contributed by atoms with Gasteiger partial charge in [0.15, 0.2) is 6.10 Å². The van der Waals surface area contributed by atoms with Crippen LogP contribution in [0.15, 0.2) is 18.2 Å². The van der Waals surface area contributed by atoms with Crippen molar-refractivity contribution in [1.82, 2.24) is 5.32 Å². The van der Waals surface area contributed by atoms with Crippen LogP contribution >= 0.6 is 11.6 Å². The lowest BCUT2D eigenvalue weighted by Crippen LogP contribution is -2.45. The van der Waals surface area contributed by atoms with Gasteiger partial charge in [0.05, 0.1) is 0 Å². The van der Waals surface area contributed by atoms with E-state index in [-0.39, 0.29) is 0 Å². The molecule has 2 N–H and O–H groups in total. The molecule has 0 aliphatic carbocycles. The smallest absolute Gasteiger partial charge is 0.326 e. The fraction of sp³-hybridized carbons (Fsp3) is 0.429. The molecule has 0 radical (unpaired) electrons. The monoisotopic (exact) mass is 299 g/mol. The predicted molar refractivity (Wildman–Crippen MR) is 76.1 cm³/mol. The largest absolute Gasteiger partial charge is 0.481 e. The second-order valence-electron chi connectivity index (χ2n) is 4.48. The maximum absolute atomic E-state index is 11.9. The van der Waals surface area contributed by atoms with Crippen LogP contribution in [0.3, 0.4) is 0 Å². The van der Waals surface area contributed by atoms with Crippen LogP contribution in [-0.4, -0.2) is 29.1 Å². The van der Waals surface area contributed by atoms with Crippen molar-refractivity contribution < 1.29 is 19.4 Å². The van der Waals surface area contributed by atoms with Gasteiger partial charge in [0.25, 0.3) is 5.91 Å². The van der Waals surface area contributed by atoms with E-state index in [2.05, 4.69) is 5.32 Å². The van der Waals surface area contributed by atoms with Crippen molar-refractivity contribution in [1.29, 1.82) is 0 Å². The van der Waals surface area contributed by atoms with Crippen LogP contribution in [0.25, 0.3) is 0 Å². The van der Waals surface area contributed by atoms with Gasteiger partial charge < -0.3 is 15.2 Å². The number of halogens is 1. The minimum Gasteiger partial charge on any atom is -0.481 e. The quantitative estimate of drug-likeness (QED) is 0.846. The Morgan fingerprint density at radius 3 is 2.60 bits per heavy atom. The first kappa shape index (κ1) is 16.3. The van der Waals surface area contributed by atoms with E-state index in [9.17, 15) is 9.59 Å². The SMILES string of the molecule is CC[C@H](NC(=O)C(C)Oc1ccc(Cl)cc1C)C(=O)O. The fourth-order valence-electron chi connectivity index (χ4n) is 1.62. The average Bonchev–Trinajstić information content (AvgIpc) is 2.38. The Bertz CT molecular complexity index is 504. The minimum atomic E-state index is -1.06. The van der Waals surface area contributed by atoms with Crippen LogP contribution in [-0.2, 0) is 9.59 Å². The van der Waals surface area contributed by atoms with E-state index < -0.39 is 24.0 Å². The van der Waals surface area contributed by atoms with E-state index >= 15 is 0 Å². The van der Waals surface area contributed by atoms with Crippen molar-refractivity contribution in [3.63, 3.8) is 0 Å². The molecule has 1 rings (SSSR count). The summed E-state index contributed by atoms with van der Waals surface area (Å²) in [5.74, 6) is -0.982. The molecule has 0 saturated carbocycles. The molecule has 20 heavy (non-hydrogen) atoms. The molecule has 0 fully saturated rings. The van der Waals surface area contributed by atoms with Crippen LogP contribution in [0.4, 0.5) is 0 Å². The highest BCUT2D eigenvalue weighted by Gasteiger charge is 2.22. The van der Waals surface area contributed by atoms with Crippen molar-refractivity contribution in [2.75, 3.05) is 0 Å². The molecule has 0 saturated heterocycles. The highest BCUT2D eigenvalue weighted by Crippen LogP contribution is 2.22. The maximum Gasteiger partial charge on any atom is 0.326 e. The highest BCUT2D eigenvalue weighted by molar-refractivity contribution is 6.30. The highest BCUT2D eigenvalue weighted by atomic mass is 35.5. The summed E-state index contributed by atoms with van der Waals surface area (Å²) in [5, 5.41) is 11.9. The molecule has 2 atom stereocenters. The van der Waals surface area contributed by atoms with E-state index in [1.807, 2.05) is 6.92 Å². The van der Waals surface area contributed by atoms with Gasteiger partial charge in [-0.05, 0) is 44.0 Å². The minimum absolute atomic E-state index is 0.313. The second kappa shape index (κ2) is 7.14. The number of aryl methyl sites for hydroxylation is 1. The standard InChI is InChI=1S/C14H18ClNO4/c1-4-11(14(18)19)16-13(17)9(3)20-12-6-5-10(15)7-8(12)2/h5-7,9,11H,4H2,1-3H3,(H,16,17)(H,18,19)/t9?,11-/m0/s1. The summed E-state index contributed by atoms with van der Waals surface area (Å²) in [6.07, 6.45) is -0.475. The number of carboxylic acid groups (broad SMARTS) is 1. The Morgan fingerprint density at radius 2 is 2.10 bits per heavy atom. The zero-order valence-corrected chi connectivity index (χ0v) is 12.4. The molecule has 5 nitrogen and oxygen atoms in total. The molecule has 1 unspecified atom stereocenters. The number of hydrogen-bond donors (Lipinski definition) is 2. The number of benzene rings is 1. The number of hydrogen-bond acceptors (Lipinski definition) is 3. The normalized spacial score (nSPS) is 13.4. The van der Waals surface area contributed by atoms with E-state index in [4.69, 9.17) is 21.4 Å².